The van der Waals surface area contributed by atoms with Gasteiger partial charge in [-0.05, 0) is 24.6 Å². The molecule has 0 atom stereocenters. The molecule has 0 bridgehead atoms. The van der Waals surface area contributed by atoms with Crippen LogP contribution in [0.15, 0.2) is 18.2 Å². The first-order valence-corrected chi connectivity index (χ1v) is 7.68. The number of hydrogen-bond acceptors (Lipinski definition) is 4. The van der Waals surface area contributed by atoms with Crippen LogP contribution in [-0.4, -0.2) is 38.0 Å². The fourth-order valence-electron chi connectivity index (χ4n) is 1.32. The zero-order valence-corrected chi connectivity index (χ0v) is 11.4. The van der Waals surface area contributed by atoms with Gasteiger partial charge in [0.2, 0.25) is 0 Å². The molecule has 1 aromatic carbocycles. The first-order chi connectivity index (χ1) is 8.29. The number of rotatable bonds is 5. The largest absolute Gasteiger partial charge is 0.508 e. The maximum absolute atomic E-state index is 11.7. The number of amides is 1. The monoisotopic (exact) mass is 291 g/mol. The summed E-state index contributed by atoms with van der Waals surface area (Å²) in [4.78, 5) is 11.7. The Labute approximate surface area is 111 Å². The number of carbonyl (C=O) groups is 1. The van der Waals surface area contributed by atoms with Crippen LogP contribution in [0.5, 0.6) is 5.75 Å². The highest BCUT2D eigenvalue weighted by Crippen LogP contribution is 2.20. The number of benzene rings is 1. The molecule has 2 N–H and O–H groups in total. The quantitative estimate of drug-likeness (QED) is 0.799. The molecule has 0 aliphatic rings. The van der Waals surface area contributed by atoms with Crippen LogP contribution >= 0.6 is 11.6 Å². The van der Waals surface area contributed by atoms with E-state index in [0.29, 0.717) is 6.42 Å². The standard InChI is InChI=1S/C11H14ClNO4S/c1-18(16,17)6-2-5-13-11(15)9-7-8(14)3-4-10(9)12/h3-4,7,14H,2,5-6H2,1H3,(H,13,15). The number of sulfone groups is 1. The van der Waals surface area contributed by atoms with Gasteiger partial charge in [0.05, 0.1) is 16.3 Å². The van der Waals surface area contributed by atoms with Gasteiger partial charge in [-0.3, -0.25) is 4.79 Å². The van der Waals surface area contributed by atoms with Crippen LogP contribution in [-0.2, 0) is 9.84 Å². The summed E-state index contributed by atoms with van der Waals surface area (Å²) in [5, 5.41) is 12.0. The maximum Gasteiger partial charge on any atom is 0.252 e. The molecular formula is C11H14ClNO4S. The molecule has 0 heterocycles. The van der Waals surface area contributed by atoms with Gasteiger partial charge >= 0.3 is 0 Å². The predicted molar refractivity (Wildman–Crippen MR) is 69.8 cm³/mol. The Morgan fingerprint density at radius 3 is 2.72 bits per heavy atom. The second-order valence-electron chi connectivity index (χ2n) is 3.90. The normalized spacial score (nSPS) is 11.2. The average Bonchev–Trinajstić information content (AvgIpc) is 2.26. The van der Waals surface area contributed by atoms with E-state index in [2.05, 4.69) is 5.32 Å². The van der Waals surface area contributed by atoms with E-state index in [1.165, 1.54) is 18.2 Å². The van der Waals surface area contributed by atoms with Gasteiger partial charge in [0.1, 0.15) is 15.6 Å². The van der Waals surface area contributed by atoms with E-state index in [0.717, 1.165) is 6.26 Å². The minimum Gasteiger partial charge on any atom is -0.508 e. The molecular weight excluding hydrogens is 278 g/mol. The zero-order valence-electron chi connectivity index (χ0n) is 9.81. The van der Waals surface area contributed by atoms with E-state index in [9.17, 15) is 18.3 Å². The highest BCUT2D eigenvalue weighted by atomic mass is 35.5. The summed E-state index contributed by atoms with van der Waals surface area (Å²) in [6.45, 7) is 0.234. The van der Waals surface area contributed by atoms with E-state index in [1.54, 1.807) is 0 Å². The molecule has 0 aliphatic heterocycles. The molecule has 7 heteroatoms. The van der Waals surface area contributed by atoms with Crippen LogP contribution in [0.3, 0.4) is 0 Å². The minimum absolute atomic E-state index is 0.0149. The molecule has 0 radical (unpaired) electrons. The molecule has 0 spiro atoms. The Morgan fingerprint density at radius 2 is 2.11 bits per heavy atom. The second kappa shape index (κ2) is 6.06. The average molecular weight is 292 g/mol. The van der Waals surface area contributed by atoms with Gasteiger partial charge in [-0.2, -0.15) is 0 Å². The summed E-state index contributed by atoms with van der Waals surface area (Å²) in [7, 11) is -3.02. The predicted octanol–water partition coefficient (Wildman–Crippen LogP) is 1.21. The zero-order chi connectivity index (χ0) is 13.8. The topological polar surface area (TPSA) is 83.5 Å². The molecule has 0 aliphatic carbocycles. The van der Waals surface area contributed by atoms with Crippen LogP contribution in [0.2, 0.25) is 5.02 Å². The number of carbonyl (C=O) groups excluding carboxylic acids is 1. The molecule has 5 nitrogen and oxygen atoms in total. The van der Waals surface area contributed by atoms with Crippen LogP contribution < -0.4 is 5.32 Å². The van der Waals surface area contributed by atoms with Crippen molar-refractivity contribution in [3.8, 4) is 5.75 Å². The molecule has 0 unspecified atom stereocenters. The summed E-state index contributed by atoms with van der Waals surface area (Å²) >= 11 is 5.81. The van der Waals surface area contributed by atoms with Gasteiger partial charge in [-0.25, -0.2) is 8.42 Å². The Morgan fingerprint density at radius 1 is 1.44 bits per heavy atom. The molecule has 0 saturated carbocycles. The number of halogens is 1. The fourth-order valence-corrected chi connectivity index (χ4v) is 2.19. The lowest BCUT2D eigenvalue weighted by molar-refractivity contribution is 0.0953. The molecule has 100 valence electrons. The maximum atomic E-state index is 11.7. The minimum atomic E-state index is -3.02. The van der Waals surface area contributed by atoms with Gasteiger partial charge in [-0.1, -0.05) is 11.6 Å². The smallest absolute Gasteiger partial charge is 0.252 e. The number of phenols is 1. The summed E-state index contributed by atoms with van der Waals surface area (Å²) in [6, 6.07) is 4.05. The molecule has 1 rings (SSSR count). The Kier molecular flexibility index (Phi) is 4.98. The molecule has 18 heavy (non-hydrogen) atoms. The SMILES string of the molecule is CS(=O)(=O)CCCNC(=O)c1cc(O)ccc1Cl. The fraction of sp³-hybridized carbons (Fsp3) is 0.364. The highest BCUT2D eigenvalue weighted by Gasteiger charge is 2.11. The molecule has 0 fully saturated rings. The van der Waals surface area contributed by atoms with Crippen LogP contribution in [0.4, 0.5) is 0 Å². The van der Waals surface area contributed by atoms with E-state index in [4.69, 9.17) is 11.6 Å². The third kappa shape index (κ3) is 4.93. The van der Waals surface area contributed by atoms with Crippen molar-refractivity contribution in [2.45, 2.75) is 6.42 Å². The van der Waals surface area contributed by atoms with E-state index in [-0.39, 0.29) is 28.6 Å². The van der Waals surface area contributed by atoms with E-state index < -0.39 is 15.7 Å². The van der Waals surface area contributed by atoms with Crippen molar-refractivity contribution < 1.29 is 18.3 Å². The third-order valence-electron chi connectivity index (χ3n) is 2.17. The number of aromatic hydroxyl groups is 1. The van der Waals surface area contributed by atoms with Crippen LogP contribution in [0.1, 0.15) is 16.8 Å². The number of hydrogen-bond donors (Lipinski definition) is 2. The summed E-state index contributed by atoms with van der Waals surface area (Å²) in [6.07, 6.45) is 1.47. The van der Waals surface area contributed by atoms with Crippen molar-refractivity contribution in [1.29, 1.82) is 0 Å². The van der Waals surface area contributed by atoms with Crippen LogP contribution in [0, 0.1) is 0 Å². The highest BCUT2D eigenvalue weighted by molar-refractivity contribution is 7.90. The molecule has 1 amide bonds. The van der Waals surface area contributed by atoms with Crippen molar-refractivity contribution in [3.05, 3.63) is 28.8 Å². The van der Waals surface area contributed by atoms with Gasteiger partial charge in [0.25, 0.3) is 5.91 Å². The summed E-state index contributed by atoms with van der Waals surface area (Å²) in [5.74, 6) is -0.480. The van der Waals surface area contributed by atoms with Crippen molar-refractivity contribution in [3.63, 3.8) is 0 Å². The van der Waals surface area contributed by atoms with Gasteiger partial charge < -0.3 is 10.4 Å². The van der Waals surface area contributed by atoms with E-state index >= 15 is 0 Å². The first kappa shape index (κ1) is 14.8. The van der Waals surface area contributed by atoms with Gasteiger partial charge in [0, 0.05) is 12.8 Å². The molecule has 0 aromatic heterocycles. The van der Waals surface area contributed by atoms with E-state index in [1.807, 2.05) is 0 Å². The lowest BCUT2D eigenvalue weighted by atomic mass is 10.2. The number of phenolic OH excluding ortho intramolecular Hbond substituents is 1. The lowest BCUT2D eigenvalue weighted by Crippen LogP contribution is -2.26. The number of nitrogens with one attached hydrogen (secondary N) is 1. The Balaban J connectivity index is 2.53. The van der Waals surface area contributed by atoms with Crippen molar-refractivity contribution in [2.75, 3.05) is 18.6 Å². The van der Waals surface area contributed by atoms with Gasteiger partial charge in [-0.15, -0.1) is 0 Å². The van der Waals surface area contributed by atoms with Gasteiger partial charge in [0.15, 0.2) is 0 Å². The first-order valence-electron chi connectivity index (χ1n) is 5.24. The Bertz CT molecular complexity index is 542. The molecule has 1 aromatic rings. The molecule has 0 saturated heterocycles. The van der Waals surface area contributed by atoms with Crippen molar-refractivity contribution in [1.82, 2.24) is 5.32 Å². The summed E-state index contributed by atoms with van der Waals surface area (Å²) < 4.78 is 21.8. The summed E-state index contributed by atoms with van der Waals surface area (Å²) in [5.41, 5.74) is 0.163. The second-order valence-corrected chi connectivity index (χ2v) is 6.57. The third-order valence-corrected chi connectivity index (χ3v) is 3.53. The Hall–Kier alpha value is -1.27. The van der Waals surface area contributed by atoms with Crippen LogP contribution in [0.25, 0.3) is 0 Å². The van der Waals surface area contributed by atoms with Crippen molar-refractivity contribution >= 4 is 27.3 Å². The van der Waals surface area contributed by atoms with Crippen molar-refractivity contribution in [2.24, 2.45) is 0 Å². The lowest BCUT2D eigenvalue weighted by Gasteiger charge is -2.06.